The molecule has 0 amide bonds. The lowest BCUT2D eigenvalue weighted by Gasteiger charge is -2.22. The molecule has 0 aliphatic heterocycles. The quantitative estimate of drug-likeness (QED) is 0.448. The van der Waals surface area contributed by atoms with E-state index >= 15 is 0 Å². The van der Waals surface area contributed by atoms with Gasteiger partial charge in [-0.2, -0.15) is 0 Å². The average Bonchev–Trinajstić information content (AvgIpc) is 3.11. The van der Waals surface area contributed by atoms with Gasteiger partial charge in [-0.3, -0.25) is 4.79 Å². The van der Waals surface area contributed by atoms with Crippen molar-refractivity contribution in [1.29, 1.82) is 0 Å². The Hall–Kier alpha value is -2.47. The summed E-state index contributed by atoms with van der Waals surface area (Å²) in [5.74, 6) is -0.137. The number of aryl methyl sites for hydroxylation is 3. The number of carbonyl (C=O) groups excluding carboxylic acids is 1. The fraction of sp³-hybridized carbons (Fsp3) is 0.346. The van der Waals surface area contributed by atoms with E-state index in [0.717, 1.165) is 12.8 Å². The van der Waals surface area contributed by atoms with Crippen LogP contribution in [0.4, 0.5) is 0 Å². The Bertz CT molecular complexity index is 907. The molecule has 168 valence electrons. The van der Waals surface area contributed by atoms with Crippen LogP contribution in [0.25, 0.3) is 21.6 Å². The third kappa shape index (κ3) is 7.03. The second-order valence-electron chi connectivity index (χ2n) is 8.60. The Kier molecular flexibility index (Phi) is 9.63. The number of carbonyl (C=O) groups is 1. The zero-order valence-corrected chi connectivity index (χ0v) is 19.9. The summed E-state index contributed by atoms with van der Waals surface area (Å²) in [6.45, 7) is 8.51. The maximum Gasteiger partial charge on any atom is 0.306 e. The van der Waals surface area contributed by atoms with Gasteiger partial charge in [-0.15, -0.1) is 11.3 Å². The standard InChI is InChI=1S/C26H30O2S.2H2O/c1-18-6-10-20(11-7-18)23-16-22(14-15-26(3,4)17-24(27)28-5)29-25(23)21-12-8-19(2)9-13-21;;/h6-13,16H,14-15,17H2,1-5H3;2*1H2. The molecule has 0 atom stereocenters. The number of esters is 1. The van der Waals surface area contributed by atoms with Crippen molar-refractivity contribution in [3.63, 3.8) is 0 Å². The summed E-state index contributed by atoms with van der Waals surface area (Å²) < 4.78 is 4.86. The van der Waals surface area contributed by atoms with Crippen LogP contribution in [0.2, 0.25) is 0 Å². The predicted octanol–water partition coefficient (Wildman–Crippen LogP) is 5.57. The van der Waals surface area contributed by atoms with Crippen molar-refractivity contribution >= 4 is 17.3 Å². The molecule has 0 saturated carbocycles. The van der Waals surface area contributed by atoms with E-state index in [2.05, 4.69) is 82.3 Å². The van der Waals surface area contributed by atoms with Gasteiger partial charge in [0, 0.05) is 15.3 Å². The highest BCUT2D eigenvalue weighted by molar-refractivity contribution is 7.16. The van der Waals surface area contributed by atoms with Crippen LogP contribution in [0.15, 0.2) is 54.6 Å². The van der Waals surface area contributed by atoms with Crippen LogP contribution in [0, 0.1) is 19.3 Å². The minimum Gasteiger partial charge on any atom is -0.469 e. The van der Waals surface area contributed by atoms with Crippen LogP contribution in [-0.4, -0.2) is 24.0 Å². The summed E-state index contributed by atoms with van der Waals surface area (Å²) in [7, 11) is 1.46. The lowest BCUT2D eigenvalue weighted by molar-refractivity contribution is -0.143. The molecule has 0 spiro atoms. The van der Waals surface area contributed by atoms with Crippen LogP contribution in [0.5, 0.6) is 0 Å². The van der Waals surface area contributed by atoms with Gasteiger partial charge < -0.3 is 15.7 Å². The highest BCUT2D eigenvalue weighted by atomic mass is 32.1. The first kappa shape index (κ1) is 26.6. The van der Waals surface area contributed by atoms with Crippen molar-refractivity contribution in [2.45, 2.75) is 47.0 Å². The molecule has 31 heavy (non-hydrogen) atoms. The number of hydrogen-bond donors (Lipinski definition) is 0. The molecule has 0 aliphatic carbocycles. The third-order valence-corrected chi connectivity index (χ3v) is 6.60. The maximum absolute atomic E-state index is 11.7. The highest BCUT2D eigenvalue weighted by Crippen LogP contribution is 2.41. The van der Waals surface area contributed by atoms with Gasteiger partial charge in [-0.1, -0.05) is 73.5 Å². The lowest BCUT2D eigenvalue weighted by Crippen LogP contribution is -2.18. The number of hydrogen-bond acceptors (Lipinski definition) is 3. The molecule has 1 heterocycles. The van der Waals surface area contributed by atoms with Gasteiger partial charge in [0.1, 0.15) is 0 Å². The lowest BCUT2D eigenvalue weighted by atomic mass is 9.84. The van der Waals surface area contributed by atoms with Gasteiger partial charge in [0.2, 0.25) is 0 Å². The van der Waals surface area contributed by atoms with Gasteiger partial charge in [0.25, 0.3) is 0 Å². The smallest absolute Gasteiger partial charge is 0.306 e. The summed E-state index contributed by atoms with van der Waals surface area (Å²) >= 11 is 1.87. The third-order valence-electron chi connectivity index (χ3n) is 5.36. The highest BCUT2D eigenvalue weighted by Gasteiger charge is 2.23. The summed E-state index contributed by atoms with van der Waals surface area (Å²) in [4.78, 5) is 14.4. The van der Waals surface area contributed by atoms with Crippen LogP contribution in [-0.2, 0) is 16.0 Å². The Balaban J connectivity index is 0.00000240. The zero-order valence-electron chi connectivity index (χ0n) is 19.0. The molecular formula is C26H34O4S. The van der Waals surface area contributed by atoms with Crippen molar-refractivity contribution in [2.24, 2.45) is 5.41 Å². The van der Waals surface area contributed by atoms with Crippen LogP contribution < -0.4 is 0 Å². The zero-order chi connectivity index (χ0) is 21.0. The molecule has 4 N–H and O–H groups in total. The van der Waals surface area contributed by atoms with Crippen LogP contribution >= 0.6 is 11.3 Å². The topological polar surface area (TPSA) is 89.3 Å². The molecule has 2 aromatic carbocycles. The van der Waals surface area contributed by atoms with Gasteiger partial charge in [-0.25, -0.2) is 0 Å². The SMILES string of the molecule is COC(=O)CC(C)(C)CCc1cc(-c2ccc(C)cc2)c(-c2ccc(C)cc2)s1.O.O. The van der Waals surface area contributed by atoms with Crippen molar-refractivity contribution in [1.82, 2.24) is 0 Å². The van der Waals surface area contributed by atoms with E-state index in [1.807, 2.05) is 11.3 Å². The average molecular weight is 443 g/mol. The van der Waals surface area contributed by atoms with Crippen molar-refractivity contribution in [2.75, 3.05) is 7.11 Å². The maximum atomic E-state index is 11.7. The van der Waals surface area contributed by atoms with Gasteiger partial charge in [-0.05, 0) is 49.3 Å². The molecular weight excluding hydrogens is 408 g/mol. The molecule has 0 saturated heterocycles. The second kappa shape index (κ2) is 11.2. The first-order chi connectivity index (χ1) is 13.8. The molecule has 0 fully saturated rings. The fourth-order valence-corrected chi connectivity index (χ4v) is 4.63. The van der Waals surface area contributed by atoms with Crippen molar-refractivity contribution in [3.05, 3.63) is 70.6 Å². The van der Waals surface area contributed by atoms with Gasteiger partial charge in [0.15, 0.2) is 0 Å². The van der Waals surface area contributed by atoms with E-state index in [0.29, 0.717) is 6.42 Å². The summed E-state index contributed by atoms with van der Waals surface area (Å²) in [6, 6.07) is 19.9. The number of ether oxygens (including phenoxy) is 1. The number of thiophene rings is 1. The number of rotatable bonds is 7. The Morgan fingerprint density at radius 3 is 1.94 bits per heavy atom. The molecule has 4 nitrogen and oxygen atoms in total. The fourth-order valence-electron chi connectivity index (χ4n) is 3.45. The molecule has 5 heteroatoms. The summed E-state index contributed by atoms with van der Waals surface area (Å²) in [6.07, 6.45) is 2.35. The van der Waals surface area contributed by atoms with Crippen molar-refractivity contribution < 1.29 is 20.5 Å². The monoisotopic (exact) mass is 442 g/mol. The van der Waals surface area contributed by atoms with E-state index < -0.39 is 0 Å². The minimum absolute atomic E-state index is 0. The van der Waals surface area contributed by atoms with Crippen molar-refractivity contribution in [3.8, 4) is 21.6 Å². The molecule has 0 aliphatic rings. The Labute approximate surface area is 189 Å². The van der Waals surface area contributed by atoms with Gasteiger partial charge >= 0.3 is 5.97 Å². The molecule has 0 unspecified atom stereocenters. The predicted molar refractivity (Wildman–Crippen MR) is 131 cm³/mol. The molecule has 1 aromatic heterocycles. The first-order valence-corrected chi connectivity index (χ1v) is 10.9. The van der Waals surface area contributed by atoms with Gasteiger partial charge in [0.05, 0.1) is 13.5 Å². The Morgan fingerprint density at radius 2 is 1.42 bits per heavy atom. The number of methoxy groups -OCH3 is 1. The molecule has 3 rings (SSSR count). The summed E-state index contributed by atoms with van der Waals surface area (Å²) in [5, 5.41) is 0. The number of benzene rings is 2. The van der Waals surface area contributed by atoms with E-state index in [-0.39, 0.29) is 22.3 Å². The Morgan fingerprint density at radius 1 is 0.903 bits per heavy atom. The van der Waals surface area contributed by atoms with Crippen LogP contribution in [0.1, 0.15) is 42.7 Å². The molecule has 0 radical (unpaired) electrons. The second-order valence-corrected chi connectivity index (χ2v) is 9.74. The van der Waals surface area contributed by atoms with E-state index in [9.17, 15) is 4.79 Å². The molecule has 3 aromatic rings. The largest absolute Gasteiger partial charge is 0.469 e. The summed E-state index contributed by atoms with van der Waals surface area (Å²) in [5.41, 5.74) is 6.27. The van der Waals surface area contributed by atoms with E-state index in [4.69, 9.17) is 4.74 Å². The molecule has 0 bridgehead atoms. The van der Waals surface area contributed by atoms with E-state index in [1.165, 1.54) is 44.7 Å². The van der Waals surface area contributed by atoms with Crippen LogP contribution in [0.3, 0.4) is 0 Å². The normalized spacial score (nSPS) is 10.7. The minimum atomic E-state index is -0.137. The first-order valence-electron chi connectivity index (χ1n) is 10.1. The van der Waals surface area contributed by atoms with E-state index in [1.54, 1.807) is 0 Å².